The maximum absolute atomic E-state index is 9.70. The Kier molecular flexibility index (Phi) is 8.21. The van der Waals surface area contributed by atoms with E-state index in [0.717, 1.165) is 0 Å². The number of carboxylic acids is 1. The Morgan fingerprint density at radius 2 is 1.17 bits per heavy atom. The number of carbonyl (C=O) groups is 1. The summed E-state index contributed by atoms with van der Waals surface area (Å²) in [4.78, 5) is 9.70. The summed E-state index contributed by atoms with van der Waals surface area (Å²) < 4.78 is 0. The molecule has 74 valence electrons. The van der Waals surface area contributed by atoms with Crippen LogP contribution in [0, 0.1) is 5.92 Å². The van der Waals surface area contributed by atoms with Gasteiger partial charge in [0.05, 0.1) is 18.1 Å². The van der Waals surface area contributed by atoms with Gasteiger partial charge in [-0.15, -0.1) is 0 Å². The van der Waals surface area contributed by atoms with Crippen LogP contribution in [0.5, 0.6) is 0 Å². The maximum atomic E-state index is 9.70. The minimum Gasteiger partial charge on any atom is -0.481 e. The minimum absolute atomic E-state index is 0.231. The van der Waals surface area contributed by atoms with Gasteiger partial charge in [0.25, 0.3) is 0 Å². The van der Waals surface area contributed by atoms with Gasteiger partial charge in [-0.2, -0.15) is 0 Å². The van der Waals surface area contributed by atoms with E-state index in [2.05, 4.69) is 0 Å². The topological polar surface area (TPSA) is 77.8 Å². The lowest BCUT2D eigenvalue weighted by Gasteiger charge is -2.03. The van der Waals surface area contributed by atoms with E-state index in [1.165, 1.54) is 0 Å². The summed E-state index contributed by atoms with van der Waals surface area (Å²) in [6.45, 7) is 6.38. The third-order valence-electron chi connectivity index (χ3n) is 1.19. The van der Waals surface area contributed by atoms with Crippen LogP contribution in [-0.4, -0.2) is 33.5 Å². The molecule has 0 spiro atoms. The van der Waals surface area contributed by atoms with Crippen molar-refractivity contribution >= 4 is 5.97 Å². The fraction of sp³-hybridized carbons (Fsp3) is 0.875. The lowest BCUT2D eigenvalue weighted by atomic mass is 10.2. The molecule has 0 aliphatic rings. The van der Waals surface area contributed by atoms with Crippen molar-refractivity contribution in [2.75, 3.05) is 0 Å². The second-order valence-corrected chi connectivity index (χ2v) is 2.97. The smallest absolute Gasteiger partial charge is 0.305 e. The van der Waals surface area contributed by atoms with Gasteiger partial charge in [-0.05, 0) is 13.8 Å². The molecular formula is C8H18O4. The predicted molar refractivity (Wildman–Crippen MR) is 45.8 cm³/mol. The van der Waals surface area contributed by atoms with Crippen LogP contribution in [0.4, 0.5) is 0 Å². The molecule has 2 unspecified atom stereocenters. The molecule has 0 radical (unpaired) electrons. The Morgan fingerprint density at radius 3 is 1.17 bits per heavy atom. The summed E-state index contributed by atoms with van der Waals surface area (Å²) in [6, 6.07) is 0. The summed E-state index contributed by atoms with van der Waals surface area (Å²) in [5.41, 5.74) is 0. The van der Waals surface area contributed by atoms with Crippen LogP contribution in [0.1, 0.15) is 27.7 Å². The molecule has 0 aromatic heterocycles. The molecule has 0 rings (SSSR count). The van der Waals surface area contributed by atoms with Crippen LogP contribution in [0.3, 0.4) is 0 Å². The quantitative estimate of drug-likeness (QED) is 0.574. The van der Waals surface area contributed by atoms with Crippen molar-refractivity contribution in [1.82, 2.24) is 0 Å². The van der Waals surface area contributed by atoms with Crippen molar-refractivity contribution < 1.29 is 20.1 Å². The third-order valence-corrected chi connectivity index (χ3v) is 1.19. The first-order chi connectivity index (χ1) is 5.29. The van der Waals surface area contributed by atoms with Gasteiger partial charge in [-0.3, -0.25) is 4.79 Å². The van der Waals surface area contributed by atoms with E-state index in [9.17, 15) is 4.79 Å². The van der Waals surface area contributed by atoms with Crippen molar-refractivity contribution in [3.8, 4) is 0 Å². The molecule has 0 aliphatic carbocycles. The summed E-state index contributed by atoms with van der Waals surface area (Å²) in [5, 5.41) is 24.8. The van der Waals surface area contributed by atoms with E-state index < -0.39 is 18.2 Å². The van der Waals surface area contributed by atoms with Gasteiger partial charge in [0.2, 0.25) is 0 Å². The largest absolute Gasteiger partial charge is 0.481 e. The number of hydrogen-bond acceptors (Lipinski definition) is 3. The van der Waals surface area contributed by atoms with Crippen molar-refractivity contribution in [3.05, 3.63) is 0 Å². The zero-order chi connectivity index (χ0) is 10.3. The number of carboxylic acid groups (broad SMARTS) is 1. The molecule has 0 bridgehead atoms. The summed E-state index contributed by atoms with van der Waals surface area (Å²) in [5.74, 6) is -0.972. The predicted octanol–water partition coefficient (Wildman–Crippen LogP) is 0.475. The highest BCUT2D eigenvalue weighted by Crippen LogP contribution is 1.87. The van der Waals surface area contributed by atoms with Crippen molar-refractivity contribution in [3.63, 3.8) is 0 Å². The summed E-state index contributed by atoms with van der Waals surface area (Å²) in [6.07, 6.45) is -1.19. The lowest BCUT2D eigenvalue weighted by Crippen LogP contribution is -2.17. The average molecular weight is 178 g/mol. The highest BCUT2D eigenvalue weighted by molar-refractivity contribution is 5.68. The Labute approximate surface area is 72.8 Å². The van der Waals surface area contributed by atoms with Gasteiger partial charge in [-0.1, -0.05) is 13.8 Å². The van der Waals surface area contributed by atoms with Gasteiger partial charge >= 0.3 is 5.97 Å². The molecule has 0 heterocycles. The zero-order valence-corrected chi connectivity index (χ0v) is 7.98. The normalized spacial score (nSPS) is 14.6. The third kappa shape index (κ3) is 12.1. The maximum Gasteiger partial charge on any atom is 0.305 e. The van der Waals surface area contributed by atoms with Crippen LogP contribution in [0.2, 0.25) is 0 Å². The molecule has 0 fully saturated rings. The molecule has 4 nitrogen and oxygen atoms in total. The first-order valence-electron chi connectivity index (χ1n) is 3.88. The lowest BCUT2D eigenvalue weighted by molar-refractivity contribution is -0.140. The minimum atomic E-state index is -0.741. The van der Waals surface area contributed by atoms with Crippen molar-refractivity contribution in [2.45, 2.75) is 39.9 Å². The monoisotopic (exact) mass is 178 g/mol. The molecule has 0 aliphatic heterocycles. The molecule has 2 atom stereocenters. The average Bonchev–Trinajstić information content (AvgIpc) is 1.88. The first kappa shape index (κ1) is 13.9. The summed E-state index contributed by atoms with van der Waals surface area (Å²) in [7, 11) is 0. The number of hydrogen-bond donors (Lipinski definition) is 3. The Hall–Kier alpha value is -0.610. The highest BCUT2D eigenvalue weighted by atomic mass is 16.4. The number of aliphatic carboxylic acids is 1. The molecule has 0 amide bonds. The molecule has 3 N–H and O–H groups in total. The van der Waals surface area contributed by atoms with Crippen LogP contribution in [-0.2, 0) is 4.79 Å². The van der Waals surface area contributed by atoms with E-state index in [-0.39, 0.29) is 5.92 Å². The summed E-state index contributed by atoms with van der Waals surface area (Å²) >= 11 is 0. The molecular weight excluding hydrogens is 160 g/mol. The van der Waals surface area contributed by atoms with E-state index in [0.29, 0.717) is 0 Å². The van der Waals surface area contributed by atoms with Crippen LogP contribution in [0.25, 0.3) is 0 Å². The second-order valence-electron chi connectivity index (χ2n) is 2.97. The van der Waals surface area contributed by atoms with Gasteiger partial charge in [-0.25, -0.2) is 0 Å². The zero-order valence-electron chi connectivity index (χ0n) is 7.98. The van der Waals surface area contributed by atoms with Crippen LogP contribution >= 0.6 is 0 Å². The van der Waals surface area contributed by atoms with E-state index in [1.54, 1.807) is 27.7 Å². The van der Waals surface area contributed by atoms with Crippen molar-refractivity contribution in [2.24, 2.45) is 5.92 Å². The van der Waals surface area contributed by atoms with Gasteiger partial charge in [0.15, 0.2) is 0 Å². The molecule has 0 saturated heterocycles. The second kappa shape index (κ2) is 7.06. The SMILES string of the molecule is CC(C)C(=O)O.CC(O)C(C)O. The standard InChI is InChI=1S/C4H10O2.C4H8O2/c1-3(5)4(2)6;1-3(2)4(5)6/h3-6H,1-2H3;3H,1-2H3,(H,5,6). The number of aliphatic hydroxyl groups excluding tert-OH is 2. The molecule has 0 saturated carbocycles. The van der Waals surface area contributed by atoms with Gasteiger partial charge in [0.1, 0.15) is 0 Å². The molecule has 4 heteroatoms. The van der Waals surface area contributed by atoms with E-state index >= 15 is 0 Å². The van der Waals surface area contributed by atoms with E-state index in [4.69, 9.17) is 15.3 Å². The molecule has 0 aromatic carbocycles. The van der Waals surface area contributed by atoms with Crippen LogP contribution < -0.4 is 0 Å². The Bertz CT molecular complexity index is 112. The number of rotatable bonds is 2. The number of aliphatic hydroxyl groups is 2. The van der Waals surface area contributed by atoms with E-state index in [1.807, 2.05) is 0 Å². The highest BCUT2D eigenvalue weighted by Gasteiger charge is 2.00. The Balaban J connectivity index is 0. The van der Waals surface area contributed by atoms with Gasteiger partial charge in [0, 0.05) is 0 Å². The fourth-order valence-electron chi connectivity index (χ4n) is 0. The molecule has 12 heavy (non-hydrogen) atoms. The fourth-order valence-corrected chi connectivity index (χ4v) is 0. The van der Waals surface area contributed by atoms with Crippen LogP contribution in [0.15, 0.2) is 0 Å². The van der Waals surface area contributed by atoms with Gasteiger partial charge < -0.3 is 15.3 Å². The molecule has 0 aromatic rings. The van der Waals surface area contributed by atoms with Crippen molar-refractivity contribution in [1.29, 1.82) is 0 Å². The first-order valence-corrected chi connectivity index (χ1v) is 3.88. The Morgan fingerprint density at radius 1 is 1.00 bits per heavy atom.